The molecule has 3 heteroatoms. The van der Waals surface area contributed by atoms with E-state index >= 15 is 0 Å². The van der Waals surface area contributed by atoms with Crippen LogP contribution in [0.2, 0.25) is 0 Å². The number of Topliss-reactive ketones (excluding diaryl/α,β-unsaturated/α-hetero) is 1. The first-order valence-electron chi connectivity index (χ1n) is 9.69. The summed E-state index contributed by atoms with van der Waals surface area (Å²) in [6.07, 6.45) is 13.6. The van der Waals surface area contributed by atoms with Crippen molar-refractivity contribution in [3.05, 3.63) is 0 Å². The lowest BCUT2D eigenvalue weighted by Crippen LogP contribution is -2.29. The lowest BCUT2D eigenvalue weighted by Gasteiger charge is -2.18. The Labute approximate surface area is 143 Å². The Morgan fingerprint density at radius 1 is 0.783 bits per heavy atom. The van der Waals surface area contributed by atoms with E-state index in [2.05, 4.69) is 13.8 Å². The highest BCUT2D eigenvalue weighted by Gasteiger charge is 2.30. The summed E-state index contributed by atoms with van der Waals surface area (Å²) in [4.78, 5) is 24.3. The molecule has 0 aromatic heterocycles. The number of carbonyl (C=O) groups excluding carboxylic acids is 2. The highest BCUT2D eigenvalue weighted by atomic mass is 16.5. The molecule has 0 rings (SSSR count). The number of carbonyl (C=O) groups is 2. The van der Waals surface area contributed by atoms with Crippen molar-refractivity contribution in [2.45, 2.75) is 97.8 Å². The van der Waals surface area contributed by atoms with E-state index in [-0.39, 0.29) is 17.7 Å². The van der Waals surface area contributed by atoms with Crippen LogP contribution in [0.25, 0.3) is 0 Å². The van der Waals surface area contributed by atoms with Gasteiger partial charge in [-0.2, -0.15) is 0 Å². The molecular formula is C20H38O3. The van der Waals surface area contributed by atoms with Crippen LogP contribution in [0.15, 0.2) is 0 Å². The van der Waals surface area contributed by atoms with Gasteiger partial charge in [-0.3, -0.25) is 9.59 Å². The van der Waals surface area contributed by atoms with Crippen molar-refractivity contribution in [3.63, 3.8) is 0 Å². The summed E-state index contributed by atoms with van der Waals surface area (Å²) in [7, 11) is 1.37. The van der Waals surface area contributed by atoms with Gasteiger partial charge in [-0.15, -0.1) is 0 Å². The second kappa shape index (κ2) is 14.7. The average Bonchev–Trinajstić information content (AvgIpc) is 2.56. The number of hydrogen-bond donors (Lipinski definition) is 0. The molecular weight excluding hydrogens is 288 g/mol. The number of esters is 1. The zero-order valence-corrected chi connectivity index (χ0v) is 15.9. The van der Waals surface area contributed by atoms with Gasteiger partial charge >= 0.3 is 5.97 Å². The maximum absolute atomic E-state index is 12.5. The Morgan fingerprint density at radius 2 is 1.30 bits per heavy atom. The fraction of sp³-hybridized carbons (Fsp3) is 0.900. The van der Waals surface area contributed by atoms with Gasteiger partial charge in [0.1, 0.15) is 11.7 Å². The topological polar surface area (TPSA) is 43.4 Å². The lowest BCUT2D eigenvalue weighted by atomic mass is 9.87. The minimum Gasteiger partial charge on any atom is -0.468 e. The van der Waals surface area contributed by atoms with Crippen LogP contribution in [-0.4, -0.2) is 18.9 Å². The van der Waals surface area contributed by atoms with Crippen molar-refractivity contribution in [1.82, 2.24) is 0 Å². The molecule has 0 saturated heterocycles. The molecule has 2 atom stereocenters. The van der Waals surface area contributed by atoms with E-state index in [0.29, 0.717) is 6.42 Å². The summed E-state index contributed by atoms with van der Waals surface area (Å²) >= 11 is 0. The SMILES string of the molecule is CCCCCCCCCC[C@H](C)C(=O)[C@@H](CCCC)C(=O)OC. The number of ketones is 1. The van der Waals surface area contributed by atoms with E-state index in [4.69, 9.17) is 4.74 Å². The second-order valence-corrected chi connectivity index (χ2v) is 6.78. The maximum atomic E-state index is 12.5. The van der Waals surface area contributed by atoms with Gasteiger partial charge in [-0.1, -0.05) is 85.0 Å². The normalized spacial score (nSPS) is 13.6. The standard InChI is InChI=1S/C20H38O3/c1-5-7-9-10-11-12-13-14-15-17(3)19(21)18(16-8-6-2)20(22)23-4/h17-18H,5-16H2,1-4H3/t17-,18+/m0/s1. The molecule has 0 amide bonds. The van der Waals surface area contributed by atoms with Crippen molar-refractivity contribution in [2.75, 3.05) is 7.11 Å². The first-order valence-corrected chi connectivity index (χ1v) is 9.69. The van der Waals surface area contributed by atoms with Crippen LogP contribution < -0.4 is 0 Å². The summed E-state index contributed by atoms with van der Waals surface area (Å²) in [5.41, 5.74) is 0. The van der Waals surface area contributed by atoms with Crippen LogP contribution in [0.3, 0.4) is 0 Å². The van der Waals surface area contributed by atoms with Gasteiger partial charge in [-0.25, -0.2) is 0 Å². The number of ether oxygens (including phenoxy) is 1. The molecule has 0 saturated carbocycles. The Morgan fingerprint density at radius 3 is 1.83 bits per heavy atom. The minimum absolute atomic E-state index is 0.0314. The zero-order valence-electron chi connectivity index (χ0n) is 15.9. The predicted octanol–water partition coefficient (Wildman–Crippen LogP) is 5.70. The molecule has 0 spiro atoms. The van der Waals surface area contributed by atoms with Gasteiger partial charge in [0.2, 0.25) is 0 Å². The Balaban J connectivity index is 3.99. The highest BCUT2D eigenvalue weighted by molar-refractivity contribution is 5.99. The molecule has 0 fully saturated rings. The van der Waals surface area contributed by atoms with Crippen LogP contribution in [0.5, 0.6) is 0 Å². The zero-order chi connectivity index (χ0) is 17.5. The van der Waals surface area contributed by atoms with Crippen molar-refractivity contribution >= 4 is 11.8 Å². The summed E-state index contributed by atoms with van der Waals surface area (Å²) in [6, 6.07) is 0. The van der Waals surface area contributed by atoms with Gasteiger partial charge in [0, 0.05) is 5.92 Å². The van der Waals surface area contributed by atoms with Gasteiger partial charge in [0.25, 0.3) is 0 Å². The molecule has 0 unspecified atom stereocenters. The van der Waals surface area contributed by atoms with Gasteiger partial charge < -0.3 is 4.74 Å². The summed E-state index contributed by atoms with van der Waals surface area (Å²) in [5, 5.41) is 0. The molecule has 0 aromatic rings. The van der Waals surface area contributed by atoms with E-state index in [1.807, 2.05) is 6.92 Å². The summed E-state index contributed by atoms with van der Waals surface area (Å²) < 4.78 is 4.81. The van der Waals surface area contributed by atoms with Gasteiger partial charge in [0.15, 0.2) is 0 Å². The molecule has 23 heavy (non-hydrogen) atoms. The first kappa shape index (κ1) is 22.1. The van der Waals surface area contributed by atoms with Gasteiger partial charge in [-0.05, 0) is 12.8 Å². The summed E-state index contributed by atoms with van der Waals surface area (Å²) in [6.45, 7) is 6.27. The molecule has 0 aliphatic rings. The number of methoxy groups -OCH3 is 1. The van der Waals surface area contributed by atoms with Crippen molar-refractivity contribution in [1.29, 1.82) is 0 Å². The van der Waals surface area contributed by atoms with Crippen molar-refractivity contribution in [2.24, 2.45) is 11.8 Å². The Kier molecular flexibility index (Phi) is 14.2. The molecule has 136 valence electrons. The molecule has 0 radical (unpaired) electrons. The smallest absolute Gasteiger partial charge is 0.316 e. The Hall–Kier alpha value is -0.860. The van der Waals surface area contributed by atoms with E-state index in [1.165, 1.54) is 52.1 Å². The molecule has 0 aliphatic carbocycles. The van der Waals surface area contributed by atoms with Crippen molar-refractivity contribution < 1.29 is 14.3 Å². The fourth-order valence-corrected chi connectivity index (χ4v) is 3.00. The minimum atomic E-state index is -0.552. The first-order chi connectivity index (χ1) is 11.1. The van der Waals surface area contributed by atoms with E-state index < -0.39 is 5.92 Å². The van der Waals surface area contributed by atoms with E-state index in [1.54, 1.807) is 0 Å². The molecule has 0 aliphatic heterocycles. The van der Waals surface area contributed by atoms with Crippen molar-refractivity contribution in [3.8, 4) is 0 Å². The van der Waals surface area contributed by atoms with E-state index in [0.717, 1.165) is 25.7 Å². The number of hydrogen-bond acceptors (Lipinski definition) is 3. The Bertz CT molecular complexity index is 312. The van der Waals surface area contributed by atoms with Gasteiger partial charge in [0.05, 0.1) is 7.11 Å². The third-order valence-corrected chi connectivity index (χ3v) is 4.65. The lowest BCUT2D eigenvalue weighted by molar-refractivity contribution is -0.150. The number of rotatable bonds is 15. The fourth-order valence-electron chi connectivity index (χ4n) is 3.00. The molecule has 0 heterocycles. The quantitative estimate of drug-likeness (QED) is 0.220. The molecule has 3 nitrogen and oxygen atoms in total. The number of unbranched alkanes of at least 4 members (excludes halogenated alkanes) is 8. The third-order valence-electron chi connectivity index (χ3n) is 4.65. The predicted molar refractivity (Wildman–Crippen MR) is 96.4 cm³/mol. The summed E-state index contributed by atoms with van der Waals surface area (Å²) in [5.74, 6) is -0.862. The second-order valence-electron chi connectivity index (χ2n) is 6.78. The average molecular weight is 327 g/mol. The molecule has 0 bridgehead atoms. The molecule has 0 N–H and O–H groups in total. The monoisotopic (exact) mass is 326 g/mol. The van der Waals surface area contributed by atoms with Crippen LogP contribution in [0.1, 0.15) is 97.8 Å². The third kappa shape index (κ3) is 10.5. The van der Waals surface area contributed by atoms with Crippen LogP contribution in [-0.2, 0) is 14.3 Å². The van der Waals surface area contributed by atoms with Crippen LogP contribution in [0.4, 0.5) is 0 Å². The molecule has 0 aromatic carbocycles. The van der Waals surface area contributed by atoms with Crippen LogP contribution >= 0.6 is 0 Å². The van der Waals surface area contributed by atoms with Crippen LogP contribution in [0, 0.1) is 11.8 Å². The van der Waals surface area contributed by atoms with E-state index in [9.17, 15) is 9.59 Å². The highest BCUT2D eigenvalue weighted by Crippen LogP contribution is 2.21. The maximum Gasteiger partial charge on any atom is 0.316 e. The largest absolute Gasteiger partial charge is 0.468 e.